The molecular weight excluding hydrogens is 292 g/mol. The van der Waals surface area contributed by atoms with Crippen LogP contribution in [0.4, 0.5) is 0 Å². The number of nitrogens with zero attached hydrogens (tertiary/aromatic N) is 2. The standard InChI is InChI=1S/C17H16N4O2/c22-16(13-19-17(23)15-10-4-5-11-18-15)21-20-12-6-9-14-7-2-1-3-8-14/h1-12H,13H2,(H,19,23)(H,21,22). The maximum absolute atomic E-state index is 11.7. The number of pyridine rings is 1. The molecule has 2 amide bonds. The molecule has 2 rings (SSSR count). The maximum atomic E-state index is 11.7. The molecule has 116 valence electrons. The highest BCUT2D eigenvalue weighted by atomic mass is 16.2. The Kier molecular flexibility index (Phi) is 6.22. The van der Waals surface area contributed by atoms with Crippen molar-refractivity contribution < 1.29 is 9.59 Å². The lowest BCUT2D eigenvalue weighted by Gasteiger charge is -2.02. The lowest BCUT2D eigenvalue weighted by molar-refractivity contribution is -0.120. The Hall–Kier alpha value is -3.28. The number of benzene rings is 1. The second kappa shape index (κ2) is 8.89. The molecule has 1 heterocycles. The van der Waals surface area contributed by atoms with Crippen molar-refractivity contribution in [2.24, 2.45) is 5.10 Å². The SMILES string of the molecule is O=C(CNC(=O)c1ccccn1)NN=CC=Cc1ccccc1. The molecule has 0 fully saturated rings. The van der Waals surface area contributed by atoms with Gasteiger partial charge in [-0.1, -0.05) is 42.5 Å². The average Bonchev–Trinajstić information content (AvgIpc) is 2.61. The minimum atomic E-state index is -0.418. The van der Waals surface area contributed by atoms with Gasteiger partial charge in [0.15, 0.2) is 0 Å². The van der Waals surface area contributed by atoms with Crippen molar-refractivity contribution in [1.29, 1.82) is 0 Å². The van der Waals surface area contributed by atoms with Gasteiger partial charge in [-0.05, 0) is 23.8 Å². The van der Waals surface area contributed by atoms with E-state index in [0.29, 0.717) is 0 Å². The van der Waals surface area contributed by atoms with Crippen LogP contribution < -0.4 is 10.7 Å². The van der Waals surface area contributed by atoms with Crippen molar-refractivity contribution in [2.75, 3.05) is 6.54 Å². The first kappa shape index (κ1) is 16.1. The summed E-state index contributed by atoms with van der Waals surface area (Å²) in [4.78, 5) is 27.1. The molecule has 0 radical (unpaired) electrons. The zero-order valence-electron chi connectivity index (χ0n) is 12.3. The topological polar surface area (TPSA) is 83.5 Å². The van der Waals surface area contributed by atoms with Gasteiger partial charge in [-0.2, -0.15) is 5.10 Å². The summed E-state index contributed by atoms with van der Waals surface area (Å²) in [6.07, 6.45) is 6.55. The van der Waals surface area contributed by atoms with Gasteiger partial charge in [0.25, 0.3) is 11.8 Å². The first-order valence-electron chi connectivity index (χ1n) is 6.98. The summed E-state index contributed by atoms with van der Waals surface area (Å²) in [5, 5.41) is 6.22. The number of rotatable bonds is 6. The Balaban J connectivity index is 1.70. The van der Waals surface area contributed by atoms with Gasteiger partial charge < -0.3 is 5.32 Å². The van der Waals surface area contributed by atoms with Gasteiger partial charge in [-0.3, -0.25) is 14.6 Å². The van der Waals surface area contributed by atoms with Crippen LogP contribution in [0.5, 0.6) is 0 Å². The predicted molar refractivity (Wildman–Crippen MR) is 88.7 cm³/mol. The molecule has 0 saturated carbocycles. The fourth-order valence-corrected chi connectivity index (χ4v) is 1.66. The van der Waals surface area contributed by atoms with Gasteiger partial charge in [-0.15, -0.1) is 0 Å². The fourth-order valence-electron chi connectivity index (χ4n) is 1.66. The van der Waals surface area contributed by atoms with Gasteiger partial charge in [-0.25, -0.2) is 5.43 Å². The smallest absolute Gasteiger partial charge is 0.270 e. The summed E-state index contributed by atoms with van der Waals surface area (Å²) >= 11 is 0. The third kappa shape index (κ3) is 5.92. The minimum absolute atomic E-state index is 0.171. The molecule has 6 nitrogen and oxygen atoms in total. The van der Waals surface area contributed by atoms with Crippen LogP contribution in [0.3, 0.4) is 0 Å². The zero-order chi connectivity index (χ0) is 16.3. The van der Waals surface area contributed by atoms with Crippen molar-refractivity contribution >= 4 is 24.1 Å². The van der Waals surface area contributed by atoms with E-state index >= 15 is 0 Å². The molecule has 0 aliphatic rings. The summed E-state index contributed by atoms with van der Waals surface area (Å²) < 4.78 is 0. The van der Waals surface area contributed by atoms with Gasteiger partial charge in [0.2, 0.25) is 0 Å². The third-order valence-electron chi connectivity index (χ3n) is 2.75. The van der Waals surface area contributed by atoms with Crippen LogP contribution >= 0.6 is 0 Å². The van der Waals surface area contributed by atoms with Gasteiger partial charge in [0.1, 0.15) is 5.69 Å². The Bertz CT molecular complexity index is 697. The van der Waals surface area contributed by atoms with E-state index in [0.717, 1.165) is 5.56 Å². The van der Waals surface area contributed by atoms with Crippen molar-refractivity contribution in [2.45, 2.75) is 0 Å². The average molecular weight is 308 g/mol. The molecule has 0 atom stereocenters. The molecule has 0 bridgehead atoms. The lowest BCUT2D eigenvalue weighted by atomic mass is 10.2. The van der Waals surface area contributed by atoms with Gasteiger partial charge in [0.05, 0.1) is 6.54 Å². The highest BCUT2D eigenvalue weighted by Gasteiger charge is 2.07. The number of hydrogen-bond acceptors (Lipinski definition) is 4. The molecule has 1 aromatic heterocycles. The predicted octanol–water partition coefficient (Wildman–Crippen LogP) is 1.63. The molecule has 0 aliphatic carbocycles. The summed E-state index contributed by atoms with van der Waals surface area (Å²) in [5.41, 5.74) is 3.61. The summed E-state index contributed by atoms with van der Waals surface area (Å²) in [6, 6.07) is 14.7. The highest BCUT2D eigenvalue weighted by molar-refractivity contribution is 5.94. The number of aromatic nitrogens is 1. The quantitative estimate of drug-likeness (QED) is 0.628. The number of amides is 2. The molecular formula is C17H16N4O2. The largest absolute Gasteiger partial charge is 0.342 e. The Labute approximate surface area is 133 Å². The number of hydrazone groups is 1. The molecule has 0 aliphatic heterocycles. The summed E-state index contributed by atoms with van der Waals surface area (Å²) in [5.74, 6) is -0.827. The second-order valence-corrected chi connectivity index (χ2v) is 4.48. The Morgan fingerprint density at radius 2 is 1.87 bits per heavy atom. The number of carbonyl (C=O) groups is 2. The lowest BCUT2D eigenvalue weighted by Crippen LogP contribution is -2.35. The van der Waals surface area contributed by atoms with Crippen molar-refractivity contribution in [1.82, 2.24) is 15.7 Å². The van der Waals surface area contributed by atoms with Crippen LogP contribution in [0.2, 0.25) is 0 Å². The van der Waals surface area contributed by atoms with Crippen molar-refractivity contribution in [3.8, 4) is 0 Å². The number of carbonyl (C=O) groups excluding carboxylic acids is 2. The van der Waals surface area contributed by atoms with Crippen LogP contribution in [0, 0.1) is 0 Å². The molecule has 2 N–H and O–H groups in total. The molecule has 0 saturated heterocycles. The van der Waals surface area contributed by atoms with E-state index in [1.165, 1.54) is 12.4 Å². The first-order chi connectivity index (χ1) is 11.3. The van der Waals surface area contributed by atoms with Crippen LogP contribution in [-0.4, -0.2) is 29.6 Å². The minimum Gasteiger partial charge on any atom is -0.342 e. The fraction of sp³-hybridized carbons (Fsp3) is 0.0588. The summed E-state index contributed by atoms with van der Waals surface area (Å²) in [7, 11) is 0. The van der Waals surface area contributed by atoms with Gasteiger partial charge in [0, 0.05) is 12.4 Å². The Morgan fingerprint density at radius 3 is 2.61 bits per heavy atom. The number of hydrogen-bond donors (Lipinski definition) is 2. The van der Waals surface area contributed by atoms with Crippen molar-refractivity contribution in [3.05, 3.63) is 72.1 Å². The van der Waals surface area contributed by atoms with E-state index in [-0.39, 0.29) is 12.2 Å². The normalized spacial score (nSPS) is 10.8. The second-order valence-electron chi connectivity index (χ2n) is 4.48. The molecule has 2 aromatic rings. The van der Waals surface area contributed by atoms with E-state index < -0.39 is 11.8 Å². The number of nitrogens with one attached hydrogen (secondary N) is 2. The van der Waals surface area contributed by atoms with E-state index in [1.807, 2.05) is 36.4 Å². The van der Waals surface area contributed by atoms with E-state index in [2.05, 4.69) is 20.8 Å². The van der Waals surface area contributed by atoms with Crippen molar-refractivity contribution in [3.63, 3.8) is 0 Å². The Morgan fingerprint density at radius 1 is 1.09 bits per heavy atom. The van der Waals surface area contributed by atoms with Crippen LogP contribution in [0.25, 0.3) is 6.08 Å². The highest BCUT2D eigenvalue weighted by Crippen LogP contribution is 1.99. The third-order valence-corrected chi connectivity index (χ3v) is 2.75. The molecule has 0 spiro atoms. The van der Waals surface area contributed by atoms with E-state index in [9.17, 15) is 9.59 Å². The van der Waals surface area contributed by atoms with Crippen LogP contribution in [-0.2, 0) is 4.79 Å². The molecule has 6 heteroatoms. The summed E-state index contributed by atoms with van der Waals surface area (Å²) in [6.45, 7) is -0.171. The van der Waals surface area contributed by atoms with Gasteiger partial charge >= 0.3 is 0 Å². The van der Waals surface area contributed by atoms with E-state index in [1.54, 1.807) is 24.3 Å². The number of allylic oxidation sites excluding steroid dienone is 1. The molecule has 23 heavy (non-hydrogen) atoms. The molecule has 1 aromatic carbocycles. The zero-order valence-corrected chi connectivity index (χ0v) is 12.3. The van der Waals surface area contributed by atoms with Crippen LogP contribution in [0.1, 0.15) is 16.1 Å². The molecule has 0 unspecified atom stereocenters. The van der Waals surface area contributed by atoms with Crippen LogP contribution in [0.15, 0.2) is 65.9 Å². The van der Waals surface area contributed by atoms with E-state index in [4.69, 9.17) is 0 Å². The first-order valence-corrected chi connectivity index (χ1v) is 6.98. The monoisotopic (exact) mass is 308 g/mol. The maximum Gasteiger partial charge on any atom is 0.270 e.